The number of carbonyl (C=O) groups excluding carboxylic acids is 3. The van der Waals surface area contributed by atoms with Gasteiger partial charge in [0.05, 0.1) is 0 Å². The summed E-state index contributed by atoms with van der Waals surface area (Å²) < 4.78 is 0. The molecule has 120 valence electrons. The number of aliphatic hydroxyl groups excluding tert-OH is 1. The molecule has 0 aromatic rings. The highest BCUT2D eigenvalue weighted by molar-refractivity contribution is 6.03. The van der Waals surface area contributed by atoms with E-state index in [-0.39, 0.29) is 55.6 Å². The summed E-state index contributed by atoms with van der Waals surface area (Å²) in [5.41, 5.74) is -0.495. The predicted molar refractivity (Wildman–Crippen MR) is 78.2 cm³/mol. The van der Waals surface area contributed by atoms with E-state index in [9.17, 15) is 14.4 Å². The number of nitrogens with zero attached hydrogens (tertiary/aromatic N) is 1. The summed E-state index contributed by atoms with van der Waals surface area (Å²) in [6.45, 7) is 7.60. The van der Waals surface area contributed by atoms with E-state index in [1.54, 1.807) is 0 Å². The Hall–Kier alpha value is -1.43. The molecule has 21 heavy (non-hydrogen) atoms. The maximum Gasteiger partial charge on any atom is 0.233 e. The fourth-order valence-corrected chi connectivity index (χ4v) is 2.46. The summed E-state index contributed by atoms with van der Waals surface area (Å²) in [4.78, 5) is 37.0. The Kier molecular flexibility index (Phi) is 5.89. The van der Waals surface area contributed by atoms with Crippen LogP contribution in [0.3, 0.4) is 0 Å². The summed E-state index contributed by atoms with van der Waals surface area (Å²) >= 11 is 0. The van der Waals surface area contributed by atoms with E-state index in [1.807, 2.05) is 27.7 Å². The Morgan fingerprint density at radius 1 is 1.43 bits per heavy atom. The van der Waals surface area contributed by atoms with Gasteiger partial charge >= 0.3 is 0 Å². The molecule has 1 rings (SSSR count). The average molecular weight is 298 g/mol. The minimum Gasteiger partial charge on any atom is -0.396 e. The molecule has 0 radical (unpaired) electrons. The first-order valence-electron chi connectivity index (χ1n) is 7.44. The van der Waals surface area contributed by atoms with Crippen molar-refractivity contribution in [1.82, 2.24) is 10.2 Å². The minimum atomic E-state index is -0.495. The number of hydrogen-bond donors (Lipinski definition) is 2. The lowest BCUT2D eigenvalue weighted by molar-refractivity contribution is -0.140. The molecule has 6 heteroatoms. The number of aliphatic hydroxyl groups is 1. The zero-order valence-electron chi connectivity index (χ0n) is 13.3. The van der Waals surface area contributed by atoms with Crippen molar-refractivity contribution in [1.29, 1.82) is 0 Å². The van der Waals surface area contributed by atoms with Gasteiger partial charge in [0.15, 0.2) is 0 Å². The molecule has 0 bridgehead atoms. The summed E-state index contributed by atoms with van der Waals surface area (Å²) in [6, 6.07) is 0. The second-order valence-corrected chi connectivity index (χ2v) is 6.59. The van der Waals surface area contributed by atoms with Gasteiger partial charge in [-0.05, 0) is 26.2 Å². The highest BCUT2D eigenvalue weighted by Crippen LogP contribution is 2.26. The van der Waals surface area contributed by atoms with Crippen LogP contribution >= 0.6 is 0 Å². The second-order valence-electron chi connectivity index (χ2n) is 6.59. The molecular formula is C15H26N2O4. The van der Waals surface area contributed by atoms with Crippen LogP contribution in [0.5, 0.6) is 0 Å². The molecule has 1 unspecified atom stereocenters. The maximum absolute atomic E-state index is 12.1. The van der Waals surface area contributed by atoms with Gasteiger partial charge in [0, 0.05) is 37.5 Å². The standard InChI is InChI=1S/C15H26N2O4/c1-10(2)11-9-13(20)17(14(11)21)7-5-12(19)16-15(3,4)6-8-18/h10-11,18H,5-9H2,1-4H3,(H,16,19). The molecular weight excluding hydrogens is 272 g/mol. The van der Waals surface area contributed by atoms with Crippen LogP contribution in [-0.2, 0) is 14.4 Å². The molecule has 1 atom stereocenters. The lowest BCUT2D eigenvalue weighted by atomic mass is 9.94. The van der Waals surface area contributed by atoms with Gasteiger partial charge in [-0.3, -0.25) is 19.3 Å². The van der Waals surface area contributed by atoms with Crippen LogP contribution in [-0.4, -0.2) is 46.4 Å². The largest absolute Gasteiger partial charge is 0.396 e. The molecule has 0 aromatic heterocycles. The van der Waals surface area contributed by atoms with Crippen molar-refractivity contribution in [2.75, 3.05) is 13.2 Å². The van der Waals surface area contributed by atoms with E-state index in [2.05, 4.69) is 5.32 Å². The fraction of sp³-hybridized carbons (Fsp3) is 0.800. The van der Waals surface area contributed by atoms with E-state index >= 15 is 0 Å². The molecule has 0 saturated carbocycles. The molecule has 1 saturated heterocycles. The van der Waals surface area contributed by atoms with Crippen LogP contribution in [0, 0.1) is 11.8 Å². The quantitative estimate of drug-likeness (QED) is 0.677. The van der Waals surface area contributed by atoms with E-state index in [0.717, 1.165) is 0 Å². The third-order valence-corrected chi connectivity index (χ3v) is 3.86. The lowest BCUT2D eigenvalue weighted by Crippen LogP contribution is -2.45. The number of rotatable bonds is 7. The molecule has 1 fully saturated rings. The van der Waals surface area contributed by atoms with Gasteiger partial charge in [0.25, 0.3) is 0 Å². The second kappa shape index (κ2) is 7.02. The van der Waals surface area contributed by atoms with Gasteiger partial charge in [0.1, 0.15) is 0 Å². The van der Waals surface area contributed by atoms with Crippen molar-refractivity contribution in [3.8, 4) is 0 Å². The van der Waals surface area contributed by atoms with E-state index in [1.165, 1.54) is 4.90 Å². The highest BCUT2D eigenvalue weighted by atomic mass is 16.3. The Morgan fingerprint density at radius 3 is 2.52 bits per heavy atom. The van der Waals surface area contributed by atoms with Crippen molar-refractivity contribution < 1.29 is 19.5 Å². The molecule has 3 amide bonds. The van der Waals surface area contributed by atoms with Gasteiger partial charge in [-0.2, -0.15) is 0 Å². The third kappa shape index (κ3) is 4.81. The summed E-state index contributed by atoms with van der Waals surface area (Å²) in [6.07, 6.45) is 0.793. The van der Waals surface area contributed by atoms with Crippen molar-refractivity contribution in [3.05, 3.63) is 0 Å². The van der Waals surface area contributed by atoms with E-state index in [4.69, 9.17) is 5.11 Å². The van der Waals surface area contributed by atoms with Crippen molar-refractivity contribution in [2.45, 2.75) is 52.5 Å². The van der Waals surface area contributed by atoms with Crippen LogP contribution in [0.1, 0.15) is 47.0 Å². The monoisotopic (exact) mass is 298 g/mol. The van der Waals surface area contributed by atoms with Crippen LogP contribution < -0.4 is 5.32 Å². The van der Waals surface area contributed by atoms with Crippen molar-refractivity contribution in [3.63, 3.8) is 0 Å². The predicted octanol–water partition coefficient (Wildman–Crippen LogP) is 0.685. The van der Waals surface area contributed by atoms with Crippen LogP contribution in [0.4, 0.5) is 0 Å². The number of carbonyl (C=O) groups is 3. The van der Waals surface area contributed by atoms with Gasteiger partial charge in [-0.15, -0.1) is 0 Å². The number of nitrogens with one attached hydrogen (secondary N) is 1. The zero-order chi connectivity index (χ0) is 16.2. The first-order valence-corrected chi connectivity index (χ1v) is 7.44. The fourth-order valence-electron chi connectivity index (χ4n) is 2.46. The number of amides is 3. The maximum atomic E-state index is 12.1. The van der Waals surface area contributed by atoms with Gasteiger partial charge in [0.2, 0.25) is 17.7 Å². The molecule has 0 spiro atoms. The Bertz CT molecular complexity index is 418. The van der Waals surface area contributed by atoms with Crippen LogP contribution in [0.15, 0.2) is 0 Å². The first-order chi connectivity index (χ1) is 9.68. The zero-order valence-corrected chi connectivity index (χ0v) is 13.3. The smallest absolute Gasteiger partial charge is 0.233 e. The van der Waals surface area contributed by atoms with Gasteiger partial charge in [-0.1, -0.05) is 13.8 Å². The summed E-state index contributed by atoms with van der Waals surface area (Å²) in [5, 5.41) is 11.7. The van der Waals surface area contributed by atoms with Gasteiger partial charge < -0.3 is 10.4 Å². The molecule has 1 heterocycles. The normalized spacial score (nSPS) is 19.5. The summed E-state index contributed by atoms with van der Waals surface area (Å²) in [5.74, 6) is -0.712. The SMILES string of the molecule is CC(C)C1CC(=O)N(CCC(=O)NC(C)(C)CCO)C1=O. The van der Waals surface area contributed by atoms with Crippen LogP contribution in [0.25, 0.3) is 0 Å². The molecule has 6 nitrogen and oxygen atoms in total. The first kappa shape index (κ1) is 17.6. The number of imide groups is 1. The van der Waals surface area contributed by atoms with Crippen molar-refractivity contribution in [2.24, 2.45) is 11.8 Å². The topological polar surface area (TPSA) is 86.7 Å². The average Bonchev–Trinajstić information content (AvgIpc) is 2.62. The Labute approximate surface area is 125 Å². The van der Waals surface area contributed by atoms with Crippen molar-refractivity contribution >= 4 is 17.7 Å². The lowest BCUT2D eigenvalue weighted by Gasteiger charge is -2.26. The molecule has 1 aliphatic rings. The molecule has 1 aliphatic heterocycles. The molecule has 0 aliphatic carbocycles. The van der Waals surface area contributed by atoms with E-state index < -0.39 is 5.54 Å². The minimum absolute atomic E-state index is 0.00749. The Morgan fingerprint density at radius 2 is 2.05 bits per heavy atom. The molecule has 0 aromatic carbocycles. The number of likely N-dealkylation sites (tertiary alicyclic amines) is 1. The molecule has 2 N–H and O–H groups in total. The van der Waals surface area contributed by atoms with Gasteiger partial charge in [-0.25, -0.2) is 0 Å². The third-order valence-electron chi connectivity index (χ3n) is 3.86. The highest BCUT2D eigenvalue weighted by Gasteiger charge is 2.39. The summed E-state index contributed by atoms with van der Waals surface area (Å²) in [7, 11) is 0. The van der Waals surface area contributed by atoms with E-state index in [0.29, 0.717) is 6.42 Å². The van der Waals surface area contributed by atoms with Crippen LogP contribution in [0.2, 0.25) is 0 Å². The Balaban J connectivity index is 2.50. The number of hydrogen-bond acceptors (Lipinski definition) is 4.